The predicted molar refractivity (Wildman–Crippen MR) is 251 cm³/mol. The molecule has 0 fully saturated rings. The lowest BCUT2D eigenvalue weighted by molar-refractivity contribution is 0.669. The minimum Gasteiger partial charge on any atom is -0.456 e. The number of nitrogens with zero attached hydrogens (tertiary/aromatic N) is 3. The standard InChI is InChI=1S/C58H35N3O/c1-2-16-36(17-3-1)55-59-56(61-57(60-55)48-25-7-5-19-40(48)38-31-33-46-45-23-11-15-29-53(45)62-54(46)35-38)47-24-6-4-18-39(47)37-30-32-44-43-22-10-14-28-51(43)58(52(44)34-37)49-26-12-8-20-41(49)42-21-9-13-27-50(42)58/h1-35H. The average molecular weight is 790 g/mol. The summed E-state index contributed by atoms with van der Waals surface area (Å²) < 4.78 is 6.34. The number of para-hydroxylation sites is 1. The molecule has 0 atom stereocenters. The summed E-state index contributed by atoms with van der Waals surface area (Å²) in [6.07, 6.45) is 0. The summed E-state index contributed by atoms with van der Waals surface area (Å²) >= 11 is 0. The molecule has 4 nitrogen and oxygen atoms in total. The fourth-order valence-corrected chi connectivity index (χ4v) is 10.3. The number of hydrogen-bond donors (Lipinski definition) is 0. The van der Waals surface area contributed by atoms with Crippen molar-refractivity contribution in [1.29, 1.82) is 0 Å². The van der Waals surface area contributed by atoms with Gasteiger partial charge in [0.2, 0.25) is 0 Å². The quantitative estimate of drug-likeness (QED) is 0.174. The highest BCUT2D eigenvalue weighted by Gasteiger charge is 2.51. The van der Waals surface area contributed by atoms with Crippen LogP contribution in [0.4, 0.5) is 0 Å². The first kappa shape index (κ1) is 34.6. The van der Waals surface area contributed by atoms with Crippen LogP contribution in [0.5, 0.6) is 0 Å². The molecule has 0 saturated heterocycles. The second kappa shape index (κ2) is 13.4. The molecule has 9 aromatic carbocycles. The summed E-state index contributed by atoms with van der Waals surface area (Å²) in [5.41, 5.74) is 18.6. The Labute approximate surface area is 358 Å². The van der Waals surface area contributed by atoms with Gasteiger partial charge in [-0.15, -0.1) is 0 Å². The van der Waals surface area contributed by atoms with E-state index < -0.39 is 5.41 Å². The Kier molecular flexibility index (Phi) is 7.49. The van der Waals surface area contributed by atoms with E-state index in [0.717, 1.165) is 60.9 Å². The summed E-state index contributed by atoms with van der Waals surface area (Å²) in [5, 5.41) is 2.20. The largest absolute Gasteiger partial charge is 0.456 e. The van der Waals surface area contributed by atoms with Crippen molar-refractivity contribution in [2.45, 2.75) is 5.41 Å². The predicted octanol–water partition coefficient (Wildman–Crippen LogP) is 14.4. The van der Waals surface area contributed by atoms with Crippen LogP contribution < -0.4 is 0 Å². The molecule has 0 saturated carbocycles. The molecule has 11 aromatic rings. The molecular weight excluding hydrogens is 755 g/mol. The summed E-state index contributed by atoms with van der Waals surface area (Å²) in [6.45, 7) is 0. The number of fused-ring (bicyclic) bond motifs is 13. The molecule has 2 aliphatic carbocycles. The van der Waals surface area contributed by atoms with Crippen LogP contribution >= 0.6 is 0 Å². The molecule has 1 spiro atoms. The van der Waals surface area contributed by atoms with Crippen molar-refractivity contribution < 1.29 is 4.42 Å². The van der Waals surface area contributed by atoms with Crippen LogP contribution in [0.25, 0.3) is 101 Å². The summed E-state index contributed by atoms with van der Waals surface area (Å²) in [5.74, 6) is 1.83. The first-order valence-corrected chi connectivity index (χ1v) is 21.1. The van der Waals surface area contributed by atoms with E-state index >= 15 is 0 Å². The minimum atomic E-state index is -0.444. The molecule has 0 N–H and O–H groups in total. The van der Waals surface area contributed by atoms with Crippen molar-refractivity contribution >= 4 is 21.9 Å². The van der Waals surface area contributed by atoms with Gasteiger partial charge in [0, 0.05) is 27.5 Å². The van der Waals surface area contributed by atoms with E-state index in [1.54, 1.807) is 0 Å². The molecule has 2 aliphatic rings. The maximum Gasteiger partial charge on any atom is 0.164 e. The van der Waals surface area contributed by atoms with Crippen molar-refractivity contribution in [2.24, 2.45) is 0 Å². The number of rotatable bonds is 5. The van der Waals surface area contributed by atoms with Gasteiger partial charge < -0.3 is 4.42 Å². The molecule has 0 bridgehead atoms. The molecule has 0 radical (unpaired) electrons. The van der Waals surface area contributed by atoms with E-state index in [1.165, 1.54) is 44.5 Å². The topological polar surface area (TPSA) is 51.8 Å². The third-order valence-electron chi connectivity index (χ3n) is 13.0. The van der Waals surface area contributed by atoms with Gasteiger partial charge in [0.15, 0.2) is 17.5 Å². The monoisotopic (exact) mass is 789 g/mol. The molecular formula is C58H35N3O. The van der Waals surface area contributed by atoms with Crippen molar-refractivity contribution in [1.82, 2.24) is 15.0 Å². The van der Waals surface area contributed by atoms with Gasteiger partial charge in [0.1, 0.15) is 11.2 Å². The summed E-state index contributed by atoms with van der Waals surface area (Å²) in [4.78, 5) is 15.8. The van der Waals surface area contributed by atoms with Crippen LogP contribution in [0, 0.1) is 0 Å². The smallest absolute Gasteiger partial charge is 0.164 e. The number of furan rings is 1. The third-order valence-corrected chi connectivity index (χ3v) is 13.0. The Morgan fingerprint density at radius 3 is 1.32 bits per heavy atom. The summed E-state index contributed by atoms with van der Waals surface area (Å²) in [7, 11) is 0. The van der Waals surface area contributed by atoms with Gasteiger partial charge in [-0.2, -0.15) is 0 Å². The van der Waals surface area contributed by atoms with Crippen molar-refractivity contribution in [3.05, 3.63) is 235 Å². The van der Waals surface area contributed by atoms with E-state index in [-0.39, 0.29) is 0 Å². The van der Waals surface area contributed by atoms with Crippen molar-refractivity contribution in [3.63, 3.8) is 0 Å². The molecule has 62 heavy (non-hydrogen) atoms. The zero-order valence-corrected chi connectivity index (χ0v) is 33.5. The van der Waals surface area contributed by atoms with Crippen LogP contribution in [0.15, 0.2) is 217 Å². The molecule has 2 aromatic heterocycles. The highest BCUT2D eigenvalue weighted by molar-refractivity contribution is 6.06. The number of aromatic nitrogens is 3. The lowest BCUT2D eigenvalue weighted by Gasteiger charge is -2.30. The SMILES string of the molecule is c1ccc(-c2nc(-c3ccccc3-c3ccc4c(c3)C3(c5ccccc5-c5ccccc53)c3ccccc3-4)nc(-c3ccccc3-c3ccc4c(c3)oc3ccccc34)n2)cc1. The van der Waals surface area contributed by atoms with Crippen LogP contribution in [0.3, 0.4) is 0 Å². The fourth-order valence-electron chi connectivity index (χ4n) is 10.3. The second-order valence-corrected chi connectivity index (χ2v) is 16.2. The Hall–Kier alpha value is -8.21. The zero-order chi connectivity index (χ0) is 40.8. The lowest BCUT2D eigenvalue weighted by atomic mass is 9.70. The van der Waals surface area contributed by atoms with E-state index in [0.29, 0.717) is 17.5 Å². The second-order valence-electron chi connectivity index (χ2n) is 16.2. The highest BCUT2D eigenvalue weighted by Crippen LogP contribution is 2.63. The lowest BCUT2D eigenvalue weighted by Crippen LogP contribution is -2.25. The average Bonchev–Trinajstić information content (AvgIpc) is 3.98. The van der Waals surface area contributed by atoms with Crippen LogP contribution in [0.1, 0.15) is 22.3 Å². The fraction of sp³-hybridized carbons (Fsp3) is 0.0172. The molecule has 13 rings (SSSR count). The Balaban J connectivity index is 1.00. The van der Waals surface area contributed by atoms with Crippen LogP contribution in [0.2, 0.25) is 0 Å². The van der Waals surface area contributed by atoms with Crippen LogP contribution in [-0.4, -0.2) is 15.0 Å². The zero-order valence-electron chi connectivity index (χ0n) is 33.5. The van der Waals surface area contributed by atoms with Gasteiger partial charge in [-0.3, -0.25) is 0 Å². The van der Waals surface area contributed by atoms with Crippen molar-refractivity contribution in [3.8, 4) is 78.7 Å². The van der Waals surface area contributed by atoms with E-state index in [1.807, 2.05) is 30.3 Å². The normalized spacial score (nSPS) is 13.0. The highest BCUT2D eigenvalue weighted by atomic mass is 16.3. The van der Waals surface area contributed by atoms with Crippen molar-refractivity contribution in [2.75, 3.05) is 0 Å². The maximum atomic E-state index is 6.34. The molecule has 0 amide bonds. The Morgan fingerprint density at radius 2 is 0.710 bits per heavy atom. The molecule has 2 heterocycles. The van der Waals surface area contributed by atoms with E-state index in [4.69, 9.17) is 19.4 Å². The van der Waals surface area contributed by atoms with Gasteiger partial charge in [-0.05, 0) is 91.0 Å². The van der Waals surface area contributed by atoms with Gasteiger partial charge in [0.05, 0.1) is 5.41 Å². The Bertz CT molecular complexity index is 3540. The third kappa shape index (κ3) is 4.98. The molecule has 0 aliphatic heterocycles. The van der Waals surface area contributed by atoms with E-state index in [9.17, 15) is 0 Å². The maximum absolute atomic E-state index is 6.34. The minimum absolute atomic E-state index is 0.444. The van der Waals surface area contributed by atoms with Gasteiger partial charge in [0.25, 0.3) is 0 Å². The first-order chi connectivity index (χ1) is 30.7. The van der Waals surface area contributed by atoms with E-state index in [2.05, 4.69) is 182 Å². The Morgan fingerprint density at radius 1 is 0.274 bits per heavy atom. The molecule has 288 valence electrons. The number of hydrogen-bond acceptors (Lipinski definition) is 4. The van der Waals surface area contributed by atoms with Crippen LogP contribution in [-0.2, 0) is 5.41 Å². The molecule has 0 unspecified atom stereocenters. The molecule has 4 heteroatoms. The number of benzene rings is 9. The first-order valence-electron chi connectivity index (χ1n) is 21.1. The summed E-state index contributed by atoms with van der Waals surface area (Å²) in [6, 6.07) is 75.6. The van der Waals surface area contributed by atoms with Gasteiger partial charge in [-0.25, -0.2) is 15.0 Å². The van der Waals surface area contributed by atoms with Gasteiger partial charge in [-0.1, -0.05) is 188 Å². The van der Waals surface area contributed by atoms with Gasteiger partial charge >= 0.3 is 0 Å².